The van der Waals surface area contributed by atoms with Crippen molar-refractivity contribution in [1.29, 1.82) is 0 Å². The second kappa shape index (κ2) is 8.94. The number of nitrogen functional groups attached to an aromatic ring is 1. The molecule has 34 heavy (non-hydrogen) atoms. The fraction of sp³-hybridized carbons (Fsp3) is 0.136. The van der Waals surface area contributed by atoms with Gasteiger partial charge in [0.15, 0.2) is 22.9 Å². The molecule has 176 valence electrons. The zero-order valence-electron chi connectivity index (χ0n) is 18.1. The highest BCUT2D eigenvalue weighted by Gasteiger charge is 2.27. The van der Waals surface area contributed by atoms with Crippen LogP contribution in [-0.4, -0.2) is 62.5 Å². The van der Waals surface area contributed by atoms with Gasteiger partial charge in [0.1, 0.15) is 5.69 Å². The first-order valence-corrected chi connectivity index (χ1v) is 9.49. The van der Waals surface area contributed by atoms with Crippen molar-refractivity contribution in [2.45, 2.75) is 6.92 Å². The summed E-state index contributed by atoms with van der Waals surface area (Å²) in [5.41, 5.74) is 4.31. The molecule has 0 aliphatic heterocycles. The first-order valence-electron chi connectivity index (χ1n) is 9.49. The van der Waals surface area contributed by atoms with Gasteiger partial charge in [0, 0.05) is 11.1 Å². The molecule has 3 aromatic rings. The molecule has 0 bridgehead atoms. The number of methoxy groups -OCH3 is 2. The summed E-state index contributed by atoms with van der Waals surface area (Å²) in [6.07, 6.45) is 0. The third-order valence-electron chi connectivity index (χ3n) is 5.04. The van der Waals surface area contributed by atoms with Crippen LogP contribution in [0.5, 0.6) is 17.2 Å². The lowest BCUT2D eigenvalue weighted by molar-refractivity contribution is 0.0646. The molecular weight excluding hydrogens is 450 g/mol. The molecule has 2 heterocycles. The number of carbonyl (C=O) groups is 3. The van der Waals surface area contributed by atoms with E-state index in [2.05, 4.69) is 9.97 Å². The molecule has 0 aliphatic rings. The van der Waals surface area contributed by atoms with Crippen LogP contribution in [0.2, 0.25) is 0 Å². The lowest BCUT2D eigenvalue weighted by atomic mass is 9.94. The van der Waals surface area contributed by atoms with Gasteiger partial charge >= 0.3 is 17.9 Å². The van der Waals surface area contributed by atoms with Crippen LogP contribution in [0, 0.1) is 6.92 Å². The maximum atomic E-state index is 11.9. The van der Waals surface area contributed by atoms with E-state index in [-0.39, 0.29) is 51.0 Å². The number of pyridine rings is 2. The molecule has 0 spiro atoms. The number of aromatic carboxylic acids is 3. The summed E-state index contributed by atoms with van der Waals surface area (Å²) in [6.45, 7) is 1.44. The molecule has 0 radical (unpaired) electrons. The average Bonchev–Trinajstić information content (AvgIpc) is 2.79. The van der Waals surface area contributed by atoms with E-state index in [1.54, 1.807) is 0 Å². The predicted octanol–water partition coefficient (Wildman–Crippen LogP) is 2.52. The van der Waals surface area contributed by atoms with Crippen LogP contribution < -0.4 is 15.2 Å². The van der Waals surface area contributed by atoms with Gasteiger partial charge in [-0.25, -0.2) is 24.4 Å². The maximum Gasteiger partial charge on any atom is 0.355 e. The zero-order chi connectivity index (χ0) is 25.3. The smallest absolute Gasteiger partial charge is 0.355 e. The van der Waals surface area contributed by atoms with Crippen molar-refractivity contribution in [2.75, 3.05) is 20.0 Å². The molecule has 0 aliphatic carbocycles. The lowest BCUT2D eigenvalue weighted by Gasteiger charge is -2.19. The van der Waals surface area contributed by atoms with Gasteiger partial charge in [0.25, 0.3) is 0 Å². The van der Waals surface area contributed by atoms with Crippen LogP contribution in [0.3, 0.4) is 0 Å². The first kappa shape index (κ1) is 23.8. The molecule has 1 aromatic carbocycles. The minimum Gasteiger partial charge on any atom is -0.504 e. The van der Waals surface area contributed by atoms with E-state index < -0.39 is 34.9 Å². The molecule has 3 rings (SSSR count). The molecule has 0 amide bonds. The predicted molar refractivity (Wildman–Crippen MR) is 118 cm³/mol. The first-order chi connectivity index (χ1) is 16.0. The number of anilines is 1. The average molecular weight is 469 g/mol. The number of aromatic hydroxyl groups is 1. The molecule has 2 aromatic heterocycles. The SMILES string of the molecule is COc1ccc(-c2c(C)c(C(=O)O)nc(-c3ccc(C(=O)O)c(C(=O)O)n3)c2N)c(O)c1OC. The Morgan fingerprint density at radius 3 is 2.06 bits per heavy atom. The minimum atomic E-state index is -1.61. The van der Waals surface area contributed by atoms with Crippen molar-refractivity contribution in [2.24, 2.45) is 0 Å². The van der Waals surface area contributed by atoms with Crippen molar-refractivity contribution in [3.05, 3.63) is 46.8 Å². The summed E-state index contributed by atoms with van der Waals surface area (Å²) < 4.78 is 10.4. The number of carboxylic acid groups (broad SMARTS) is 3. The summed E-state index contributed by atoms with van der Waals surface area (Å²) in [7, 11) is 2.68. The lowest BCUT2D eigenvalue weighted by Crippen LogP contribution is -2.13. The van der Waals surface area contributed by atoms with Crippen LogP contribution >= 0.6 is 0 Å². The Kier molecular flexibility index (Phi) is 6.25. The highest BCUT2D eigenvalue weighted by Crippen LogP contribution is 2.47. The van der Waals surface area contributed by atoms with E-state index in [0.29, 0.717) is 0 Å². The van der Waals surface area contributed by atoms with E-state index >= 15 is 0 Å². The fourth-order valence-electron chi connectivity index (χ4n) is 3.48. The standard InChI is InChI=1S/C22H19N3O9/c1-8-13(9-5-7-12(33-2)19(34-3)18(9)26)14(23)17(25-15(8)21(29)30)11-6-4-10(20(27)28)16(24-11)22(31)32/h4-7,26H,23H2,1-3H3,(H,27,28)(H,29,30)(H,31,32). The highest BCUT2D eigenvalue weighted by atomic mass is 16.5. The Morgan fingerprint density at radius 1 is 0.882 bits per heavy atom. The number of rotatable bonds is 7. The number of aromatic nitrogens is 2. The number of phenolic OH excluding ortho intramolecular Hbond substituents is 1. The van der Waals surface area contributed by atoms with E-state index in [1.807, 2.05) is 0 Å². The summed E-state index contributed by atoms with van der Waals surface area (Å²) in [6, 6.07) is 5.08. The number of ether oxygens (including phenoxy) is 2. The van der Waals surface area contributed by atoms with Crippen molar-refractivity contribution >= 4 is 23.6 Å². The number of benzene rings is 1. The Bertz CT molecular complexity index is 1350. The van der Waals surface area contributed by atoms with Crippen LogP contribution in [0.25, 0.3) is 22.5 Å². The third kappa shape index (κ3) is 3.88. The van der Waals surface area contributed by atoms with Gasteiger partial charge in [-0.2, -0.15) is 0 Å². The number of hydrogen-bond acceptors (Lipinski definition) is 9. The van der Waals surface area contributed by atoms with Crippen molar-refractivity contribution in [3.8, 4) is 39.8 Å². The van der Waals surface area contributed by atoms with E-state index in [1.165, 1.54) is 33.3 Å². The molecule has 12 heteroatoms. The van der Waals surface area contributed by atoms with Gasteiger partial charge in [-0.1, -0.05) is 0 Å². The molecule has 0 saturated heterocycles. The monoisotopic (exact) mass is 469 g/mol. The number of nitrogens with two attached hydrogens (primary N) is 1. The number of nitrogens with zero attached hydrogens (tertiary/aromatic N) is 2. The van der Waals surface area contributed by atoms with Gasteiger partial charge < -0.3 is 35.6 Å². The maximum absolute atomic E-state index is 11.9. The Balaban J connectivity index is 2.40. The molecule has 6 N–H and O–H groups in total. The van der Waals surface area contributed by atoms with Crippen LogP contribution in [-0.2, 0) is 0 Å². The van der Waals surface area contributed by atoms with Crippen molar-refractivity contribution in [1.82, 2.24) is 9.97 Å². The quantitative estimate of drug-likeness (QED) is 0.339. The zero-order valence-corrected chi connectivity index (χ0v) is 18.1. The van der Waals surface area contributed by atoms with Gasteiger partial charge in [0.2, 0.25) is 5.75 Å². The molecule has 0 unspecified atom stereocenters. The number of hydrogen-bond donors (Lipinski definition) is 5. The summed E-state index contributed by atoms with van der Waals surface area (Å²) in [5, 5.41) is 39.1. The Morgan fingerprint density at radius 2 is 1.53 bits per heavy atom. The molecule has 0 saturated carbocycles. The van der Waals surface area contributed by atoms with Gasteiger partial charge in [-0.3, -0.25) is 0 Å². The Hall–Kier alpha value is -4.87. The second-order valence-electron chi connectivity index (χ2n) is 6.93. The Labute approximate surface area is 191 Å². The summed E-state index contributed by atoms with van der Waals surface area (Å²) in [5.74, 6) is -4.73. The summed E-state index contributed by atoms with van der Waals surface area (Å²) in [4.78, 5) is 42.7. The van der Waals surface area contributed by atoms with Gasteiger partial charge in [-0.15, -0.1) is 0 Å². The second-order valence-corrected chi connectivity index (χ2v) is 6.93. The van der Waals surface area contributed by atoms with Crippen LogP contribution in [0.4, 0.5) is 5.69 Å². The van der Waals surface area contributed by atoms with Gasteiger partial charge in [-0.05, 0) is 36.8 Å². The van der Waals surface area contributed by atoms with E-state index in [9.17, 15) is 34.8 Å². The van der Waals surface area contributed by atoms with E-state index in [4.69, 9.17) is 15.2 Å². The normalized spacial score (nSPS) is 10.6. The topological polar surface area (TPSA) is 202 Å². The fourth-order valence-corrected chi connectivity index (χ4v) is 3.48. The van der Waals surface area contributed by atoms with Crippen molar-refractivity contribution in [3.63, 3.8) is 0 Å². The molecular formula is C22H19N3O9. The highest BCUT2D eigenvalue weighted by molar-refractivity contribution is 6.02. The minimum absolute atomic E-state index is 0.0221. The number of phenols is 1. The summed E-state index contributed by atoms with van der Waals surface area (Å²) >= 11 is 0. The number of carboxylic acids is 3. The molecule has 0 atom stereocenters. The van der Waals surface area contributed by atoms with Crippen LogP contribution in [0.15, 0.2) is 24.3 Å². The van der Waals surface area contributed by atoms with Crippen LogP contribution in [0.1, 0.15) is 36.9 Å². The van der Waals surface area contributed by atoms with E-state index in [0.717, 1.165) is 12.1 Å². The molecule has 0 fully saturated rings. The largest absolute Gasteiger partial charge is 0.504 e. The van der Waals surface area contributed by atoms with Crippen molar-refractivity contribution < 1.29 is 44.3 Å². The van der Waals surface area contributed by atoms with Gasteiger partial charge in [0.05, 0.1) is 31.2 Å². The molecule has 12 nitrogen and oxygen atoms in total. The third-order valence-corrected chi connectivity index (χ3v) is 5.04.